The topological polar surface area (TPSA) is 42.5 Å². The van der Waals surface area contributed by atoms with E-state index in [9.17, 15) is 18.3 Å². The van der Waals surface area contributed by atoms with Gasteiger partial charge in [0, 0.05) is 53.8 Å². The molecule has 1 fully saturated rings. The highest BCUT2D eigenvalue weighted by Gasteiger charge is 2.43. The van der Waals surface area contributed by atoms with Crippen LogP contribution in [0.5, 0.6) is 0 Å². The molecule has 0 aliphatic carbocycles. The predicted octanol–water partition coefficient (Wildman–Crippen LogP) is 5.57. The number of nitrogens with zero attached hydrogens (tertiary/aromatic N) is 2. The Morgan fingerprint density at radius 1 is 1.16 bits per heavy atom. The van der Waals surface area contributed by atoms with Crippen LogP contribution in [0.15, 0.2) is 42.5 Å². The third-order valence-electron chi connectivity index (χ3n) is 7.81. The van der Waals surface area contributed by atoms with Crippen LogP contribution < -0.4 is 0 Å². The van der Waals surface area contributed by atoms with Crippen molar-refractivity contribution >= 4 is 10.9 Å². The number of likely N-dealkylation sites (tertiary alicyclic amines) is 1. The van der Waals surface area contributed by atoms with Crippen LogP contribution in [0.1, 0.15) is 47.9 Å². The van der Waals surface area contributed by atoms with E-state index in [4.69, 9.17) is 0 Å². The molecular weight excluding hydrogens is 489 g/mol. The normalized spacial score (nSPS) is 22.2. The lowest BCUT2D eigenvalue weighted by Gasteiger charge is -2.42. The van der Waals surface area contributed by atoms with Crippen molar-refractivity contribution < 1.29 is 27.1 Å². The van der Waals surface area contributed by atoms with E-state index in [0.29, 0.717) is 38.2 Å². The van der Waals surface area contributed by atoms with E-state index in [1.807, 2.05) is 36.1 Å². The number of halogens is 5. The molecule has 200 valence electrons. The van der Waals surface area contributed by atoms with E-state index in [1.165, 1.54) is 23.1 Å². The Bertz CT molecular complexity index is 1240. The Morgan fingerprint density at radius 2 is 1.92 bits per heavy atom. The first-order valence-corrected chi connectivity index (χ1v) is 12.8. The van der Waals surface area contributed by atoms with E-state index in [1.54, 1.807) is 0 Å². The summed E-state index contributed by atoms with van der Waals surface area (Å²) in [5, 5.41) is 10.2. The van der Waals surface area contributed by atoms with Gasteiger partial charge in [0.25, 0.3) is 5.92 Å². The first-order chi connectivity index (χ1) is 17.7. The van der Waals surface area contributed by atoms with Gasteiger partial charge in [-0.3, -0.25) is 9.29 Å². The lowest BCUT2D eigenvalue weighted by Crippen LogP contribution is -2.49. The van der Waals surface area contributed by atoms with Crippen molar-refractivity contribution in [1.82, 2.24) is 14.8 Å². The zero-order valence-corrected chi connectivity index (χ0v) is 20.7. The maximum absolute atomic E-state index is 15.7. The van der Waals surface area contributed by atoms with Gasteiger partial charge < -0.3 is 15.0 Å². The second-order valence-electron chi connectivity index (χ2n) is 10.4. The molecule has 0 bridgehead atoms. The third kappa shape index (κ3) is 5.01. The third-order valence-corrected chi connectivity index (χ3v) is 7.81. The summed E-state index contributed by atoms with van der Waals surface area (Å²) in [5.41, 5.74) is 2.82. The van der Waals surface area contributed by atoms with E-state index in [-0.39, 0.29) is 23.1 Å². The summed E-state index contributed by atoms with van der Waals surface area (Å²) < 4.78 is 72.1. The van der Waals surface area contributed by atoms with Crippen molar-refractivity contribution in [2.24, 2.45) is 5.92 Å². The lowest BCUT2D eigenvalue weighted by molar-refractivity contribution is -0.0866. The maximum atomic E-state index is 15.7. The van der Waals surface area contributed by atoms with E-state index in [0.717, 1.165) is 16.5 Å². The Labute approximate surface area is 213 Å². The molecule has 2 aliphatic heterocycles. The van der Waals surface area contributed by atoms with Crippen LogP contribution in [0.2, 0.25) is 0 Å². The highest BCUT2D eigenvalue weighted by atomic mass is 19.3. The number of aromatic amines is 1. The van der Waals surface area contributed by atoms with E-state index >= 15 is 8.78 Å². The van der Waals surface area contributed by atoms with E-state index < -0.39 is 43.8 Å². The minimum atomic E-state index is -3.37. The lowest BCUT2D eigenvalue weighted by atomic mass is 9.86. The smallest absolute Gasteiger partial charge is 0.283 e. The summed E-state index contributed by atoms with van der Waals surface area (Å²) in [7, 11) is 0. The molecule has 2 aliphatic rings. The number of aliphatic hydroxyl groups excluding tert-OH is 1. The fourth-order valence-corrected chi connectivity index (χ4v) is 5.88. The largest absolute Gasteiger partial charge is 0.390 e. The Kier molecular flexibility index (Phi) is 7.31. The number of hydrogen-bond donors (Lipinski definition) is 2. The number of alkyl halides is 4. The monoisotopic (exact) mass is 521 g/mol. The summed E-state index contributed by atoms with van der Waals surface area (Å²) in [5.74, 6) is -4.32. The standard InChI is InChI=1S/C28H32F5N3O/c1-17-11-22-20-5-2-3-6-24(20)34-26(22)27(36(17)15-28(32,33)16-37)21-8-7-18(12-23(21)30)25(31)19-13-35(14-19)10-4-9-29/h2-3,5-8,12,17,19,25,27,34,37H,4,9-11,13-16H2,1H3/t17-,25?,27-/m1/s1. The van der Waals surface area contributed by atoms with Gasteiger partial charge in [-0.2, -0.15) is 0 Å². The molecule has 4 nitrogen and oxygen atoms in total. The second-order valence-corrected chi connectivity index (χ2v) is 10.4. The van der Waals surface area contributed by atoms with Crippen molar-refractivity contribution in [2.75, 3.05) is 39.5 Å². The molecule has 3 heterocycles. The predicted molar refractivity (Wildman–Crippen MR) is 133 cm³/mol. The van der Waals surface area contributed by atoms with Gasteiger partial charge in [0.05, 0.1) is 19.3 Å². The van der Waals surface area contributed by atoms with Gasteiger partial charge in [-0.15, -0.1) is 0 Å². The quantitative estimate of drug-likeness (QED) is 0.362. The fraction of sp³-hybridized carbons (Fsp3) is 0.500. The average Bonchev–Trinajstić information content (AvgIpc) is 3.21. The number of nitrogens with one attached hydrogen (secondary N) is 1. The van der Waals surface area contributed by atoms with Crippen molar-refractivity contribution in [3.8, 4) is 0 Å². The number of para-hydroxylation sites is 1. The molecule has 1 unspecified atom stereocenters. The van der Waals surface area contributed by atoms with Crippen molar-refractivity contribution in [3.63, 3.8) is 0 Å². The van der Waals surface area contributed by atoms with Crippen LogP contribution in [0.4, 0.5) is 22.0 Å². The minimum absolute atomic E-state index is 0.183. The minimum Gasteiger partial charge on any atom is -0.390 e. The van der Waals surface area contributed by atoms with Crippen molar-refractivity contribution in [3.05, 3.63) is 70.7 Å². The van der Waals surface area contributed by atoms with E-state index in [2.05, 4.69) is 4.98 Å². The summed E-state index contributed by atoms with van der Waals surface area (Å²) >= 11 is 0. The average molecular weight is 522 g/mol. The maximum Gasteiger partial charge on any atom is 0.283 e. The molecule has 5 rings (SSSR count). The first-order valence-electron chi connectivity index (χ1n) is 12.8. The van der Waals surface area contributed by atoms with Crippen molar-refractivity contribution in [1.29, 1.82) is 0 Å². The molecule has 0 spiro atoms. The fourth-order valence-electron chi connectivity index (χ4n) is 5.88. The number of aliphatic hydroxyl groups is 1. The summed E-state index contributed by atoms with van der Waals surface area (Å²) in [6.45, 7) is 0.922. The summed E-state index contributed by atoms with van der Waals surface area (Å²) in [4.78, 5) is 6.81. The van der Waals surface area contributed by atoms with Gasteiger partial charge in [-0.25, -0.2) is 17.6 Å². The van der Waals surface area contributed by atoms with Crippen LogP contribution in [0.25, 0.3) is 10.9 Å². The summed E-state index contributed by atoms with van der Waals surface area (Å²) in [6, 6.07) is 10.6. The molecule has 0 amide bonds. The molecule has 1 saturated heterocycles. The van der Waals surface area contributed by atoms with Gasteiger partial charge in [0.15, 0.2) is 0 Å². The highest BCUT2D eigenvalue weighted by molar-refractivity contribution is 5.85. The molecular formula is C28H32F5N3O. The van der Waals surface area contributed by atoms with Gasteiger partial charge in [-0.05, 0) is 43.0 Å². The summed E-state index contributed by atoms with van der Waals surface area (Å²) in [6.07, 6.45) is -0.465. The SMILES string of the molecule is C[C@@H]1Cc2c([nH]c3ccccc23)[C@@H](c2ccc(C(F)C3CN(CCCF)C3)cc2F)N1CC(F)(F)CO. The molecule has 0 radical (unpaired) electrons. The highest BCUT2D eigenvalue weighted by Crippen LogP contribution is 2.43. The zero-order valence-electron chi connectivity index (χ0n) is 20.7. The van der Waals surface area contributed by atoms with Crippen LogP contribution in [-0.4, -0.2) is 71.3 Å². The number of fused-ring (bicyclic) bond motifs is 3. The number of H-pyrrole nitrogens is 1. The molecule has 2 N–H and O–H groups in total. The Hall–Kier alpha value is -2.49. The van der Waals surface area contributed by atoms with Crippen LogP contribution in [0, 0.1) is 11.7 Å². The number of hydrogen-bond acceptors (Lipinski definition) is 3. The second kappa shape index (κ2) is 10.3. The van der Waals surface area contributed by atoms with Gasteiger partial charge in [-0.1, -0.05) is 30.3 Å². The van der Waals surface area contributed by atoms with Gasteiger partial charge in [0.1, 0.15) is 18.6 Å². The Morgan fingerprint density at radius 3 is 2.62 bits per heavy atom. The molecule has 37 heavy (non-hydrogen) atoms. The van der Waals surface area contributed by atoms with Crippen LogP contribution in [-0.2, 0) is 6.42 Å². The molecule has 2 aromatic carbocycles. The zero-order chi connectivity index (χ0) is 26.3. The van der Waals surface area contributed by atoms with Crippen LogP contribution in [0.3, 0.4) is 0 Å². The van der Waals surface area contributed by atoms with Gasteiger partial charge in [0.2, 0.25) is 0 Å². The molecule has 0 saturated carbocycles. The number of benzene rings is 2. The van der Waals surface area contributed by atoms with Crippen molar-refractivity contribution in [2.45, 2.75) is 43.9 Å². The molecule has 3 aromatic rings. The first kappa shape index (κ1) is 26.1. The molecule has 9 heteroatoms. The number of rotatable bonds is 9. The Balaban J connectivity index is 1.48. The van der Waals surface area contributed by atoms with Crippen LogP contribution >= 0.6 is 0 Å². The molecule has 3 atom stereocenters. The molecule has 1 aromatic heterocycles. The number of aromatic nitrogens is 1. The van der Waals surface area contributed by atoms with Gasteiger partial charge >= 0.3 is 0 Å².